The largest absolute Gasteiger partial charge is 0.497 e. The van der Waals surface area contributed by atoms with E-state index in [1.54, 1.807) is 7.11 Å². The van der Waals surface area contributed by atoms with E-state index in [0.29, 0.717) is 9.23 Å². The molecule has 0 bridgehead atoms. The smallest absolute Gasteiger partial charge is 0.263 e. The molecule has 1 fully saturated rings. The Bertz CT molecular complexity index is 1120. The molecule has 4 nitrogen and oxygen atoms in total. The van der Waals surface area contributed by atoms with Crippen LogP contribution in [0.3, 0.4) is 0 Å². The topological polar surface area (TPSA) is 51.2 Å². The molecule has 3 aromatic rings. The van der Waals surface area contributed by atoms with Gasteiger partial charge in [0.25, 0.3) is 5.91 Å². The van der Waals surface area contributed by atoms with Crippen molar-refractivity contribution in [2.45, 2.75) is 6.92 Å². The Balaban J connectivity index is 1.75. The molecule has 1 aliphatic heterocycles. The van der Waals surface area contributed by atoms with Crippen LogP contribution in [-0.2, 0) is 4.79 Å². The van der Waals surface area contributed by atoms with Gasteiger partial charge in [-0.15, -0.1) is 0 Å². The quantitative estimate of drug-likeness (QED) is 0.517. The second kappa shape index (κ2) is 7.13. The van der Waals surface area contributed by atoms with E-state index in [4.69, 9.17) is 21.9 Å². The maximum atomic E-state index is 11.9. The Kier molecular flexibility index (Phi) is 4.68. The highest BCUT2D eigenvalue weighted by atomic mass is 32.2. The van der Waals surface area contributed by atoms with Gasteiger partial charge in [-0.25, -0.2) is 4.98 Å². The summed E-state index contributed by atoms with van der Waals surface area (Å²) in [7, 11) is 1.66. The molecule has 1 saturated heterocycles. The SMILES string of the molecule is COc1ccc2nc(-c3cccc(C=C4SC(=S)NC4=O)c3)c(C)cc2c1. The zero-order valence-electron chi connectivity index (χ0n) is 14.8. The van der Waals surface area contributed by atoms with Crippen molar-refractivity contribution in [1.29, 1.82) is 0 Å². The third kappa shape index (κ3) is 3.59. The van der Waals surface area contributed by atoms with Gasteiger partial charge < -0.3 is 10.1 Å². The number of ether oxygens (including phenoxy) is 1. The number of aromatic nitrogens is 1. The Morgan fingerprint density at radius 1 is 1.19 bits per heavy atom. The van der Waals surface area contributed by atoms with Crippen LogP contribution in [0.4, 0.5) is 0 Å². The zero-order valence-corrected chi connectivity index (χ0v) is 16.4. The number of pyridine rings is 1. The van der Waals surface area contributed by atoms with E-state index in [1.807, 2.05) is 55.5 Å². The van der Waals surface area contributed by atoms with Gasteiger partial charge in [-0.2, -0.15) is 0 Å². The summed E-state index contributed by atoms with van der Waals surface area (Å²) in [4.78, 5) is 17.3. The van der Waals surface area contributed by atoms with Gasteiger partial charge in [-0.1, -0.05) is 42.2 Å². The van der Waals surface area contributed by atoms with Gasteiger partial charge in [-0.05, 0) is 54.5 Å². The summed E-state index contributed by atoms with van der Waals surface area (Å²) in [6.45, 7) is 2.05. The van der Waals surface area contributed by atoms with Crippen LogP contribution in [-0.4, -0.2) is 22.3 Å². The number of benzene rings is 2. The van der Waals surface area contributed by atoms with E-state index in [1.165, 1.54) is 11.8 Å². The van der Waals surface area contributed by atoms with Crippen LogP contribution in [0.25, 0.3) is 28.2 Å². The van der Waals surface area contributed by atoms with Crippen molar-refractivity contribution in [2.75, 3.05) is 7.11 Å². The second-order valence-electron chi connectivity index (χ2n) is 6.19. The van der Waals surface area contributed by atoms with Crippen molar-refractivity contribution in [3.63, 3.8) is 0 Å². The molecular weight excluding hydrogens is 376 g/mol. The maximum absolute atomic E-state index is 11.9. The molecule has 2 heterocycles. The van der Waals surface area contributed by atoms with Gasteiger partial charge in [0, 0.05) is 10.9 Å². The van der Waals surface area contributed by atoms with E-state index in [2.05, 4.69) is 11.4 Å². The summed E-state index contributed by atoms with van der Waals surface area (Å²) < 4.78 is 5.78. The first-order valence-corrected chi connectivity index (χ1v) is 9.56. The minimum Gasteiger partial charge on any atom is -0.497 e. The fourth-order valence-corrected chi connectivity index (χ4v) is 4.07. The lowest BCUT2D eigenvalue weighted by Gasteiger charge is -2.09. The number of rotatable bonds is 3. The molecule has 1 aromatic heterocycles. The number of methoxy groups -OCH3 is 1. The van der Waals surface area contributed by atoms with Crippen molar-refractivity contribution in [3.8, 4) is 17.0 Å². The van der Waals surface area contributed by atoms with Crippen LogP contribution in [0.2, 0.25) is 0 Å². The molecule has 1 N–H and O–H groups in total. The van der Waals surface area contributed by atoms with Gasteiger partial charge in [0.05, 0.1) is 23.2 Å². The van der Waals surface area contributed by atoms with Crippen molar-refractivity contribution in [3.05, 3.63) is 64.6 Å². The number of aryl methyl sites for hydroxylation is 1. The van der Waals surface area contributed by atoms with Gasteiger partial charge in [0.1, 0.15) is 10.1 Å². The Morgan fingerprint density at radius 2 is 2.04 bits per heavy atom. The first-order valence-electron chi connectivity index (χ1n) is 8.34. The van der Waals surface area contributed by atoms with Gasteiger partial charge in [0.2, 0.25) is 0 Å². The number of carbonyl (C=O) groups is 1. The Morgan fingerprint density at radius 3 is 2.78 bits per heavy atom. The van der Waals surface area contributed by atoms with E-state index in [0.717, 1.165) is 39.0 Å². The molecule has 1 aliphatic rings. The number of nitrogens with zero attached hydrogens (tertiary/aromatic N) is 1. The molecule has 0 spiro atoms. The molecule has 0 saturated carbocycles. The van der Waals surface area contributed by atoms with Crippen LogP contribution in [0, 0.1) is 6.92 Å². The number of thiocarbonyl (C=S) groups is 1. The third-order valence-corrected chi connectivity index (χ3v) is 5.48. The summed E-state index contributed by atoms with van der Waals surface area (Å²) in [6.07, 6.45) is 1.85. The predicted octanol–water partition coefficient (Wildman–Crippen LogP) is 4.71. The van der Waals surface area contributed by atoms with E-state index >= 15 is 0 Å². The number of hydrogen-bond donors (Lipinski definition) is 1. The number of fused-ring (bicyclic) bond motifs is 1. The molecule has 4 rings (SSSR count). The predicted molar refractivity (Wildman–Crippen MR) is 115 cm³/mol. The van der Waals surface area contributed by atoms with Gasteiger partial charge in [0.15, 0.2) is 0 Å². The monoisotopic (exact) mass is 392 g/mol. The normalized spacial score (nSPS) is 15.4. The van der Waals surface area contributed by atoms with Crippen molar-refractivity contribution in [2.24, 2.45) is 0 Å². The van der Waals surface area contributed by atoms with Crippen molar-refractivity contribution in [1.82, 2.24) is 10.3 Å². The summed E-state index contributed by atoms with van der Waals surface area (Å²) in [5.74, 6) is 0.666. The van der Waals surface area contributed by atoms with E-state index in [9.17, 15) is 4.79 Å². The number of hydrogen-bond acceptors (Lipinski definition) is 5. The van der Waals surface area contributed by atoms with Crippen LogP contribution < -0.4 is 10.1 Å². The summed E-state index contributed by atoms with van der Waals surface area (Å²) in [5.41, 5.74) is 4.86. The highest BCUT2D eigenvalue weighted by molar-refractivity contribution is 8.26. The molecule has 0 radical (unpaired) electrons. The van der Waals surface area contributed by atoms with E-state index < -0.39 is 0 Å². The molecule has 0 unspecified atom stereocenters. The molecule has 134 valence electrons. The lowest BCUT2D eigenvalue weighted by atomic mass is 10.0. The molecule has 2 aromatic carbocycles. The summed E-state index contributed by atoms with van der Waals surface area (Å²) in [6, 6.07) is 16.0. The van der Waals surface area contributed by atoms with E-state index in [-0.39, 0.29) is 5.91 Å². The minimum absolute atomic E-state index is 0.149. The molecule has 1 amide bonds. The van der Waals surface area contributed by atoms with Crippen LogP contribution >= 0.6 is 24.0 Å². The number of thioether (sulfide) groups is 1. The highest BCUT2D eigenvalue weighted by Crippen LogP contribution is 2.30. The number of amides is 1. The van der Waals surface area contributed by atoms with Gasteiger partial charge in [-0.3, -0.25) is 4.79 Å². The molecule has 0 aliphatic carbocycles. The number of carbonyl (C=O) groups excluding carboxylic acids is 1. The molecule has 6 heteroatoms. The average molecular weight is 393 g/mol. The Labute approximate surface area is 166 Å². The lowest BCUT2D eigenvalue weighted by Crippen LogP contribution is -2.17. The zero-order chi connectivity index (χ0) is 19.0. The first-order chi connectivity index (χ1) is 13.0. The minimum atomic E-state index is -0.149. The van der Waals surface area contributed by atoms with Crippen molar-refractivity contribution >= 4 is 51.2 Å². The van der Waals surface area contributed by atoms with Crippen LogP contribution in [0.1, 0.15) is 11.1 Å². The highest BCUT2D eigenvalue weighted by Gasteiger charge is 2.22. The molecule has 0 atom stereocenters. The molecule has 27 heavy (non-hydrogen) atoms. The first kappa shape index (κ1) is 17.7. The molecular formula is C21H16N2O2S2. The second-order valence-corrected chi connectivity index (χ2v) is 7.91. The average Bonchev–Trinajstić information content (AvgIpc) is 2.97. The standard InChI is InChI=1S/C21H16N2O2S2/c1-12-8-15-11-16(25-2)6-7-17(15)22-19(12)14-5-3-4-13(9-14)10-18-20(24)23-21(26)27-18/h3-11H,1-2H3,(H,23,24,26). The summed E-state index contributed by atoms with van der Waals surface area (Å²) in [5, 5.41) is 3.68. The van der Waals surface area contributed by atoms with Gasteiger partial charge >= 0.3 is 0 Å². The maximum Gasteiger partial charge on any atom is 0.263 e. The summed E-state index contributed by atoms with van der Waals surface area (Å²) >= 11 is 6.33. The lowest BCUT2D eigenvalue weighted by molar-refractivity contribution is -0.115. The Hall–Kier alpha value is -2.70. The van der Waals surface area contributed by atoms with Crippen molar-refractivity contribution < 1.29 is 9.53 Å². The fourth-order valence-electron chi connectivity index (χ4n) is 3.03. The fraction of sp³-hybridized carbons (Fsp3) is 0.0952. The third-order valence-electron chi connectivity index (χ3n) is 4.31. The van der Waals surface area contributed by atoms with Crippen LogP contribution in [0.5, 0.6) is 5.75 Å². The van der Waals surface area contributed by atoms with Crippen LogP contribution in [0.15, 0.2) is 53.4 Å². The number of nitrogens with one attached hydrogen (secondary N) is 1.